The first-order chi connectivity index (χ1) is 14.9. The van der Waals surface area contributed by atoms with Crippen molar-refractivity contribution in [1.82, 2.24) is 30.0 Å². The summed E-state index contributed by atoms with van der Waals surface area (Å²) in [5, 5.41) is 22.9. The van der Waals surface area contributed by atoms with E-state index >= 15 is 0 Å². The highest BCUT2D eigenvalue weighted by molar-refractivity contribution is 5.96. The van der Waals surface area contributed by atoms with E-state index in [1.165, 1.54) is 24.3 Å². The van der Waals surface area contributed by atoms with E-state index < -0.39 is 4.92 Å². The minimum absolute atomic E-state index is 0.0582. The first-order valence-corrected chi connectivity index (χ1v) is 9.73. The van der Waals surface area contributed by atoms with Gasteiger partial charge in [0.1, 0.15) is 5.82 Å². The number of hydrogen-bond acceptors (Lipinski definition) is 7. The Bertz CT molecular complexity index is 1110. The first-order valence-electron chi connectivity index (χ1n) is 9.73. The van der Waals surface area contributed by atoms with Gasteiger partial charge in [-0.15, -0.1) is 5.10 Å². The Morgan fingerprint density at radius 1 is 1.13 bits per heavy atom. The Morgan fingerprint density at radius 2 is 1.84 bits per heavy atom. The van der Waals surface area contributed by atoms with Crippen molar-refractivity contribution in [1.29, 1.82) is 0 Å². The molecule has 1 aliphatic rings. The van der Waals surface area contributed by atoms with Crippen LogP contribution < -0.4 is 0 Å². The van der Waals surface area contributed by atoms with Gasteiger partial charge in [-0.05, 0) is 47.7 Å². The summed E-state index contributed by atoms with van der Waals surface area (Å²) in [6.45, 7) is 4.25. The number of hydrogen-bond donors (Lipinski definition) is 0. The van der Waals surface area contributed by atoms with Crippen LogP contribution in [0, 0.1) is 22.9 Å². The molecule has 3 aromatic rings. The first kappa shape index (κ1) is 20.5. The molecule has 2 aromatic carbocycles. The number of carbonyl (C=O) groups is 1. The molecule has 160 valence electrons. The van der Waals surface area contributed by atoms with E-state index in [0.717, 1.165) is 0 Å². The van der Waals surface area contributed by atoms with Crippen LogP contribution in [-0.4, -0.2) is 67.0 Å². The summed E-state index contributed by atoms with van der Waals surface area (Å²) in [5.74, 6) is 0.0658. The van der Waals surface area contributed by atoms with Crippen molar-refractivity contribution >= 4 is 11.6 Å². The highest BCUT2D eigenvalue weighted by Crippen LogP contribution is 2.23. The third-order valence-corrected chi connectivity index (χ3v) is 5.36. The second kappa shape index (κ2) is 8.56. The zero-order chi connectivity index (χ0) is 22.0. The van der Waals surface area contributed by atoms with Gasteiger partial charge in [0.15, 0.2) is 5.82 Å². The molecular formula is C20H20FN7O3. The number of tetrazole rings is 1. The van der Waals surface area contributed by atoms with Gasteiger partial charge < -0.3 is 4.90 Å². The molecule has 1 fully saturated rings. The number of piperazine rings is 1. The second-order valence-electron chi connectivity index (χ2n) is 7.26. The summed E-state index contributed by atoms with van der Waals surface area (Å²) in [4.78, 5) is 27.4. The zero-order valence-electron chi connectivity index (χ0n) is 16.8. The Hall–Kier alpha value is -3.73. The van der Waals surface area contributed by atoms with Gasteiger partial charge in [-0.1, -0.05) is 6.07 Å². The van der Waals surface area contributed by atoms with Crippen LogP contribution in [0.4, 0.5) is 10.1 Å². The molecule has 1 aliphatic heterocycles. The molecule has 1 aromatic heterocycles. The van der Waals surface area contributed by atoms with E-state index in [1.54, 1.807) is 34.7 Å². The number of nitro benzene ring substituents is 1. The van der Waals surface area contributed by atoms with E-state index in [1.807, 2.05) is 0 Å². The fourth-order valence-corrected chi connectivity index (χ4v) is 3.62. The van der Waals surface area contributed by atoms with E-state index in [9.17, 15) is 19.3 Å². The minimum atomic E-state index is -0.477. The summed E-state index contributed by atoms with van der Waals surface area (Å²) >= 11 is 0. The quantitative estimate of drug-likeness (QED) is 0.454. The van der Waals surface area contributed by atoms with Crippen LogP contribution in [0.5, 0.6) is 0 Å². The molecule has 0 spiro atoms. The summed E-state index contributed by atoms with van der Waals surface area (Å²) in [5.41, 5.74) is 1.33. The van der Waals surface area contributed by atoms with Crippen LogP contribution in [0.2, 0.25) is 0 Å². The lowest BCUT2D eigenvalue weighted by molar-refractivity contribution is -0.385. The van der Waals surface area contributed by atoms with Gasteiger partial charge in [-0.3, -0.25) is 19.8 Å². The number of benzene rings is 2. The number of aromatic nitrogens is 4. The normalized spacial score (nSPS) is 14.6. The predicted octanol–water partition coefficient (Wildman–Crippen LogP) is 1.98. The molecule has 0 unspecified atom stereocenters. The van der Waals surface area contributed by atoms with Crippen molar-refractivity contribution in [2.45, 2.75) is 13.5 Å². The monoisotopic (exact) mass is 425 g/mol. The van der Waals surface area contributed by atoms with E-state index in [-0.39, 0.29) is 17.4 Å². The lowest BCUT2D eigenvalue weighted by atomic mass is 10.1. The minimum Gasteiger partial charge on any atom is -0.336 e. The van der Waals surface area contributed by atoms with Crippen LogP contribution in [0.3, 0.4) is 0 Å². The fraction of sp³-hybridized carbons (Fsp3) is 0.300. The molecule has 11 heteroatoms. The van der Waals surface area contributed by atoms with E-state index in [0.29, 0.717) is 55.4 Å². The third-order valence-electron chi connectivity index (χ3n) is 5.36. The Balaban J connectivity index is 1.41. The van der Waals surface area contributed by atoms with Gasteiger partial charge in [0, 0.05) is 43.4 Å². The smallest absolute Gasteiger partial charge is 0.273 e. The lowest BCUT2D eigenvalue weighted by Gasteiger charge is -2.34. The molecule has 0 N–H and O–H groups in total. The maximum absolute atomic E-state index is 13.2. The average molecular weight is 425 g/mol. The SMILES string of the molecule is Cc1c(C(=O)N2CCN(Cc3nnnn3-c3ccc(F)cc3)CC2)cccc1[N+](=O)[O-]. The molecule has 1 saturated heterocycles. The number of rotatable bonds is 5. The maximum Gasteiger partial charge on any atom is 0.273 e. The molecule has 0 saturated carbocycles. The van der Waals surface area contributed by atoms with Crippen LogP contribution in [0.15, 0.2) is 42.5 Å². The fourth-order valence-electron chi connectivity index (χ4n) is 3.62. The van der Waals surface area contributed by atoms with Crippen molar-refractivity contribution in [3.05, 3.63) is 75.3 Å². The van der Waals surface area contributed by atoms with Crippen molar-refractivity contribution in [2.24, 2.45) is 0 Å². The molecule has 10 nitrogen and oxygen atoms in total. The van der Waals surface area contributed by atoms with Crippen molar-refractivity contribution in [3.63, 3.8) is 0 Å². The Labute approximate surface area is 177 Å². The Kier molecular flexibility index (Phi) is 5.67. The largest absolute Gasteiger partial charge is 0.336 e. The maximum atomic E-state index is 13.2. The second-order valence-corrected chi connectivity index (χ2v) is 7.26. The number of nitrogens with zero attached hydrogens (tertiary/aromatic N) is 7. The number of halogens is 1. The van der Waals surface area contributed by atoms with Gasteiger partial charge >= 0.3 is 0 Å². The molecular weight excluding hydrogens is 405 g/mol. The molecule has 1 amide bonds. The van der Waals surface area contributed by atoms with Gasteiger partial charge in [-0.25, -0.2) is 4.39 Å². The number of amides is 1. The van der Waals surface area contributed by atoms with Crippen LogP contribution in [0.25, 0.3) is 5.69 Å². The van der Waals surface area contributed by atoms with E-state index in [4.69, 9.17) is 0 Å². The zero-order valence-corrected chi connectivity index (χ0v) is 16.8. The van der Waals surface area contributed by atoms with E-state index in [2.05, 4.69) is 20.4 Å². The van der Waals surface area contributed by atoms with Crippen LogP contribution in [-0.2, 0) is 6.54 Å². The van der Waals surface area contributed by atoms with Crippen LogP contribution in [0.1, 0.15) is 21.7 Å². The molecule has 2 heterocycles. The summed E-state index contributed by atoms with van der Waals surface area (Å²) in [7, 11) is 0. The summed E-state index contributed by atoms with van der Waals surface area (Å²) < 4.78 is 14.7. The molecule has 0 radical (unpaired) electrons. The van der Waals surface area contributed by atoms with Gasteiger partial charge in [0.25, 0.3) is 11.6 Å². The number of nitro groups is 1. The number of carbonyl (C=O) groups excluding carboxylic acids is 1. The van der Waals surface area contributed by atoms with Gasteiger partial charge in [0.05, 0.1) is 17.2 Å². The highest BCUT2D eigenvalue weighted by atomic mass is 19.1. The lowest BCUT2D eigenvalue weighted by Crippen LogP contribution is -2.48. The third kappa shape index (κ3) is 4.26. The standard InChI is InChI=1S/C20H20FN7O3/c1-14-17(3-2-4-18(14)28(30)31)20(29)26-11-9-25(10-12-26)13-19-22-23-24-27(19)16-7-5-15(21)6-8-16/h2-8H,9-13H2,1H3. The predicted molar refractivity (Wildman–Crippen MR) is 108 cm³/mol. The molecule has 4 rings (SSSR count). The molecule has 0 atom stereocenters. The van der Waals surface area contributed by atoms with Crippen LogP contribution >= 0.6 is 0 Å². The van der Waals surface area contributed by atoms with Crippen molar-refractivity contribution in [2.75, 3.05) is 26.2 Å². The van der Waals surface area contributed by atoms with Crippen molar-refractivity contribution < 1.29 is 14.1 Å². The Morgan fingerprint density at radius 3 is 2.52 bits per heavy atom. The van der Waals surface area contributed by atoms with Gasteiger partial charge in [-0.2, -0.15) is 4.68 Å². The average Bonchev–Trinajstić information content (AvgIpc) is 3.22. The topological polar surface area (TPSA) is 110 Å². The van der Waals surface area contributed by atoms with Crippen molar-refractivity contribution in [3.8, 4) is 5.69 Å². The summed E-state index contributed by atoms with van der Waals surface area (Å²) in [6.07, 6.45) is 0. The molecule has 0 aliphatic carbocycles. The van der Waals surface area contributed by atoms with Gasteiger partial charge in [0.2, 0.25) is 0 Å². The molecule has 31 heavy (non-hydrogen) atoms. The molecule has 0 bridgehead atoms. The highest BCUT2D eigenvalue weighted by Gasteiger charge is 2.26. The summed E-state index contributed by atoms with van der Waals surface area (Å²) in [6, 6.07) is 10.5.